The zero-order chi connectivity index (χ0) is 21.9. The number of aryl methyl sites for hydroxylation is 1. The zero-order valence-electron chi connectivity index (χ0n) is 19.0. The van der Waals surface area contributed by atoms with Crippen LogP contribution in [0.25, 0.3) is 5.83 Å². The summed E-state index contributed by atoms with van der Waals surface area (Å²) < 4.78 is 20.9. The van der Waals surface area contributed by atoms with Gasteiger partial charge >= 0.3 is 5.97 Å². The number of carbonyl (C=O) groups is 1. The molecule has 2 rings (SSSR count). The number of rotatable bonds is 6. The average molecular weight is 399 g/mol. The average Bonchev–Trinajstić information content (AvgIpc) is 2.64. The monoisotopic (exact) mass is 398 g/mol. The molecule has 0 heterocycles. The SMILES string of the molecule is C=C(C(C)=C(F)c1ccc(C(=O)OC(C)C)cc1CC)C1=C(C)CCCC1(C)C. The van der Waals surface area contributed by atoms with Gasteiger partial charge in [-0.3, -0.25) is 0 Å². The molecule has 0 unspecified atom stereocenters. The van der Waals surface area contributed by atoms with Crippen molar-refractivity contribution in [3.8, 4) is 0 Å². The highest BCUT2D eigenvalue weighted by molar-refractivity contribution is 5.90. The molecule has 0 radical (unpaired) electrons. The standard InChI is InChI=1S/C26H35FO2/c1-9-20-15-21(25(28)29-16(2)3)12-13-22(20)24(27)19(6)18(5)23-17(4)11-10-14-26(23,7)8/h12-13,15-16H,5,9-11,14H2,1-4,6-8H3. The number of benzene rings is 1. The Balaban J connectivity index is 2.46. The van der Waals surface area contributed by atoms with Gasteiger partial charge in [-0.15, -0.1) is 0 Å². The third-order valence-corrected chi connectivity index (χ3v) is 5.84. The van der Waals surface area contributed by atoms with E-state index in [9.17, 15) is 4.79 Å². The smallest absolute Gasteiger partial charge is 0.338 e. The van der Waals surface area contributed by atoms with E-state index < -0.39 is 0 Å². The Morgan fingerprint density at radius 3 is 2.52 bits per heavy atom. The molecule has 158 valence electrons. The van der Waals surface area contributed by atoms with E-state index in [4.69, 9.17) is 4.74 Å². The van der Waals surface area contributed by atoms with Gasteiger partial charge in [0.15, 0.2) is 0 Å². The summed E-state index contributed by atoms with van der Waals surface area (Å²) >= 11 is 0. The van der Waals surface area contributed by atoms with Crippen molar-refractivity contribution in [2.24, 2.45) is 5.41 Å². The summed E-state index contributed by atoms with van der Waals surface area (Å²) in [5.74, 6) is -0.645. The van der Waals surface area contributed by atoms with Crippen LogP contribution in [-0.4, -0.2) is 12.1 Å². The molecule has 0 saturated heterocycles. The summed E-state index contributed by atoms with van der Waals surface area (Å²) in [6, 6.07) is 5.07. The van der Waals surface area contributed by atoms with Crippen LogP contribution in [0, 0.1) is 5.41 Å². The molecule has 29 heavy (non-hydrogen) atoms. The topological polar surface area (TPSA) is 26.3 Å². The van der Waals surface area contributed by atoms with Gasteiger partial charge in [0.05, 0.1) is 11.7 Å². The van der Waals surface area contributed by atoms with Crippen LogP contribution in [0.1, 0.15) is 89.2 Å². The van der Waals surface area contributed by atoms with Crippen LogP contribution < -0.4 is 0 Å². The van der Waals surface area contributed by atoms with E-state index in [1.54, 1.807) is 18.2 Å². The van der Waals surface area contributed by atoms with E-state index in [1.807, 2.05) is 27.7 Å². The lowest BCUT2D eigenvalue weighted by Gasteiger charge is -2.36. The Kier molecular flexibility index (Phi) is 7.26. The van der Waals surface area contributed by atoms with Crippen LogP contribution in [-0.2, 0) is 11.2 Å². The van der Waals surface area contributed by atoms with Crippen molar-refractivity contribution in [3.63, 3.8) is 0 Å². The molecular weight excluding hydrogens is 363 g/mol. The second-order valence-corrected chi connectivity index (χ2v) is 8.99. The van der Waals surface area contributed by atoms with Crippen LogP contribution >= 0.6 is 0 Å². The minimum absolute atomic E-state index is 0.000988. The normalized spacial score (nSPS) is 17.3. The quantitative estimate of drug-likeness (QED) is 0.364. The molecule has 3 heteroatoms. The Bertz CT molecular complexity index is 869. The Morgan fingerprint density at radius 2 is 1.97 bits per heavy atom. The first-order valence-corrected chi connectivity index (χ1v) is 10.6. The second kappa shape index (κ2) is 9.11. The maximum atomic E-state index is 15.6. The van der Waals surface area contributed by atoms with Gasteiger partial charge < -0.3 is 4.74 Å². The molecule has 0 bridgehead atoms. The first-order valence-electron chi connectivity index (χ1n) is 10.6. The first kappa shape index (κ1) is 23.1. The number of hydrogen-bond donors (Lipinski definition) is 0. The van der Waals surface area contributed by atoms with Gasteiger partial charge in [-0.05, 0) is 93.2 Å². The minimum atomic E-state index is -0.378. The molecule has 1 aliphatic rings. The van der Waals surface area contributed by atoms with E-state index in [-0.39, 0.29) is 23.3 Å². The summed E-state index contributed by atoms with van der Waals surface area (Å²) in [6.07, 6.45) is 3.72. The summed E-state index contributed by atoms with van der Waals surface area (Å²) in [6.45, 7) is 18.2. The van der Waals surface area contributed by atoms with E-state index in [2.05, 4.69) is 27.4 Å². The van der Waals surface area contributed by atoms with Gasteiger partial charge in [-0.2, -0.15) is 0 Å². The van der Waals surface area contributed by atoms with Crippen LogP contribution in [0.4, 0.5) is 4.39 Å². The van der Waals surface area contributed by atoms with Crippen molar-refractivity contribution in [2.75, 3.05) is 0 Å². The lowest BCUT2D eigenvalue weighted by Crippen LogP contribution is -2.22. The van der Waals surface area contributed by atoms with Crippen molar-refractivity contribution < 1.29 is 13.9 Å². The van der Waals surface area contributed by atoms with E-state index in [0.29, 0.717) is 23.1 Å². The van der Waals surface area contributed by atoms with Gasteiger partial charge in [-0.1, -0.05) is 39.0 Å². The third kappa shape index (κ3) is 5.07. The predicted octanol–water partition coefficient (Wildman–Crippen LogP) is 7.60. The molecule has 1 aromatic rings. The molecule has 0 N–H and O–H groups in total. The summed E-state index contributed by atoms with van der Waals surface area (Å²) in [5, 5.41) is 0. The lowest BCUT2D eigenvalue weighted by atomic mass is 9.69. The van der Waals surface area contributed by atoms with Gasteiger partial charge in [-0.25, -0.2) is 9.18 Å². The molecule has 1 aromatic carbocycles. The maximum absolute atomic E-state index is 15.6. The first-order chi connectivity index (χ1) is 13.5. The van der Waals surface area contributed by atoms with Crippen LogP contribution in [0.5, 0.6) is 0 Å². The van der Waals surface area contributed by atoms with Gasteiger partial charge in [0, 0.05) is 5.56 Å². The summed E-state index contributed by atoms with van der Waals surface area (Å²) in [7, 11) is 0. The maximum Gasteiger partial charge on any atom is 0.338 e. The van der Waals surface area contributed by atoms with Crippen LogP contribution in [0.2, 0.25) is 0 Å². The van der Waals surface area contributed by atoms with E-state index >= 15 is 4.39 Å². The fraction of sp³-hybridized carbons (Fsp3) is 0.500. The molecule has 0 aromatic heterocycles. The number of hydrogen-bond acceptors (Lipinski definition) is 2. The fourth-order valence-corrected chi connectivity index (χ4v) is 4.32. The number of esters is 1. The third-order valence-electron chi connectivity index (χ3n) is 5.84. The molecule has 0 atom stereocenters. The molecule has 2 nitrogen and oxygen atoms in total. The predicted molar refractivity (Wildman–Crippen MR) is 120 cm³/mol. The van der Waals surface area contributed by atoms with Gasteiger partial charge in [0.2, 0.25) is 0 Å². The molecule has 0 amide bonds. The molecule has 0 saturated carbocycles. The molecule has 1 aliphatic carbocycles. The Morgan fingerprint density at radius 1 is 1.31 bits per heavy atom. The highest BCUT2D eigenvalue weighted by atomic mass is 19.1. The molecule has 0 fully saturated rings. The largest absolute Gasteiger partial charge is 0.459 e. The minimum Gasteiger partial charge on any atom is -0.459 e. The van der Waals surface area contributed by atoms with Crippen LogP contribution in [0.15, 0.2) is 47.1 Å². The van der Waals surface area contributed by atoms with Crippen molar-refractivity contribution >= 4 is 11.8 Å². The zero-order valence-corrected chi connectivity index (χ0v) is 19.0. The molecular formula is C26H35FO2. The van der Waals surface area contributed by atoms with E-state index in [1.165, 1.54) is 11.1 Å². The number of carbonyl (C=O) groups excluding carboxylic acids is 1. The number of halogens is 1. The number of ether oxygens (including phenoxy) is 1. The van der Waals surface area contributed by atoms with Crippen molar-refractivity contribution in [1.82, 2.24) is 0 Å². The van der Waals surface area contributed by atoms with E-state index in [0.717, 1.165) is 30.4 Å². The Labute approximate surface area is 175 Å². The second-order valence-electron chi connectivity index (χ2n) is 8.99. The lowest BCUT2D eigenvalue weighted by molar-refractivity contribution is 0.0377. The summed E-state index contributed by atoms with van der Waals surface area (Å²) in [5.41, 5.74) is 5.62. The number of allylic oxidation sites excluding steroid dienone is 4. The highest BCUT2D eigenvalue weighted by Gasteiger charge is 2.31. The fourth-order valence-electron chi connectivity index (χ4n) is 4.32. The van der Waals surface area contributed by atoms with Crippen LogP contribution in [0.3, 0.4) is 0 Å². The van der Waals surface area contributed by atoms with Gasteiger partial charge in [0.25, 0.3) is 0 Å². The van der Waals surface area contributed by atoms with Gasteiger partial charge in [0.1, 0.15) is 5.83 Å². The van der Waals surface area contributed by atoms with Crippen molar-refractivity contribution in [2.45, 2.75) is 80.3 Å². The molecule has 0 aliphatic heterocycles. The Hall–Kier alpha value is -2.16. The van der Waals surface area contributed by atoms with Crippen molar-refractivity contribution in [1.29, 1.82) is 0 Å². The molecule has 0 spiro atoms. The summed E-state index contributed by atoms with van der Waals surface area (Å²) in [4.78, 5) is 12.2. The highest BCUT2D eigenvalue weighted by Crippen LogP contribution is 2.46. The van der Waals surface area contributed by atoms with Crippen molar-refractivity contribution in [3.05, 3.63) is 63.8 Å².